The first-order chi connectivity index (χ1) is 13.9. The van der Waals surface area contributed by atoms with Crippen molar-refractivity contribution in [1.82, 2.24) is 5.01 Å². The van der Waals surface area contributed by atoms with E-state index in [1.165, 1.54) is 31.2 Å². The van der Waals surface area contributed by atoms with E-state index in [0.29, 0.717) is 34.8 Å². The molecule has 0 bridgehead atoms. The van der Waals surface area contributed by atoms with Crippen molar-refractivity contribution >= 4 is 17.3 Å². The number of nitrogens with zero attached hydrogens (tertiary/aromatic N) is 3. The molecule has 0 radical (unpaired) electrons. The van der Waals surface area contributed by atoms with E-state index < -0.39 is 11.0 Å². The molecule has 9 heteroatoms. The van der Waals surface area contributed by atoms with E-state index in [1.54, 1.807) is 38.5 Å². The Labute approximate surface area is 167 Å². The first-order valence-corrected chi connectivity index (χ1v) is 8.81. The minimum Gasteiger partial charge on any atom is -0.497 e. The predicted octanol–water partition coefficient (Wildman–Crippen LogP) is 3.32. The van der Waals surface area contributed by atoms with E-state index in [0.717, 1.165) is 0 Å². The van der Waals surface area contributed by atoms with Crippen molar-refractivity contribution in [3.05, 3.63) is 57.6 Å². The van der Waals surface area contributed by atoms with Gasteiger partial charge in [0.05, 0.1) is 38.0 Å². The van der Waals surface area contributed by atoms with Gasteiger partial charge in [-0.05, 0) is 29.8 Å². The van der Waals surface area contributed by atoms with E-state index in [9.17, 15) is 14.9 Å². The Bertz CT molecular complexity index is 988. The van der Waals surface area contributed by atoms with Gasteiger partial charge < -0.3 is 14.2 Å². The average Bonchev–Trinajstić information content (AvgIpc) is 3.18. The fraction of sp³-hybridized carbons (Fsp3) is 0.300. The second-order valence-corrected chi connectivity index (χ2v) is 6.38. The van der Waals surface area contributed by atoms with Crippen LogP contribution in [0.15, 0.2) is 41.5 Å². The molecule has 1 aliphatic heterocycles. The Balaban J connectivity index is 2.04. The Morgan fingerprint density at radius 3 is 2.38 bits per heavy atom. The third kappa shape index (κ3) is 3.84. The van der Waals surface area contributed by atoms with Crippen LogP contribution in [0.1, 0.15) is 30.5 Å². The van der Waals surface area contributed by atoms with Crippen LogP contribution in [0.4, 0.5) is 5.69 Å². The number of benzene rings is 2. The van der Waals surface area contributed by atoms with Gasteiger partial charge in [0.25, 0.3) is 0 Å². The number of methoxy groups -OCH3 is 3. The summed E-state index contributed by atoms with van der Waals surface area (Å²) in [5.74, 6) is 1.10. The molecule has 29 heavy (non-hydrogen) atoms. The lowest BCUT2D eigenvalue weighted by atomic mass is 9.97. The SMILES string of the molecule is COc1ccc(OC)c(C2=NN(C(C)=O)C(c3ccc(OC)c([N+](=O)[O-])c3)C2)c1. The average molecular weight is 399 g/mol. The molecule has 0 aliphatic carbocycles. The molecule has 0 N–H and O–H groups in total. The predicted molar refractivity (Wildman–Crippen MR) is 106 cm³/mol. The van der Waals surface area contributed by atoms with E-state index >= 15 is 0 Å². The third-order valence-electron chi connectivity index (χ3n) is 4.73. The number of hydrogen-bond acceptors (Lipinski definition) is 7. The maximum atomic E-state index is 12.2. The Morgan fingerprint density at radius 1 is 1.10 bits per heavy atom. The number of rotatable bonds is 6. The van der Waals surface area contributed by atoms with Gasteiger partial charge in [-0.25, -0.2) is 5.01 Å². The second-order valence-electron chi connectivity index (χ2n) is 6.38. The molecule has 0 saturated heterocycles. The number of nitro groups is 1. The highest BCUT2D eigenvalue weighted by atomic mass is 16.6. The maximum absolute atomic E-state index is 12.2. The zero-order valence-electron chi connectivity index (χ0n) is 16.5. The molecule has 152 valence electrons. The molecule has 1 heterocycles. The smallest absolute Gasteiger partial charge is 0.311 e. The molecule has 0 spiro atoms. The van der Waals surface area contributed by atoms with Crippen LogP contribution in [0.25, 0.3) is 0 Å². The molecule has 2 aromatic rings. The monoisotopic (exact) mass is 399 g/mol. The van der Waals surface area contributed by atoms with Crippen molar-refractivity contribution in [3.63, 3.8) is 0 Å². The number of nitro benzene ring substituents is 1. The number of carbonyl (C=O) groups excluding carboxylic acids is 1. The van der Waals surface area contributed by atoms with Gasteiger partial charge in [0, 0.05) is 25.0 Å². The van der Waals surface area contributed by atoms with Gasteiger partial charge >= 0.3 is 5.69 Å². The molecule has 1 aliphatic rings. The summed E-state index contributed by atoms with van der Waals surface area (Å²) >= 11 is 0. The van der Waals surface area contributed by atoms with E-state index in [4.69, 9.17) is 14.2 Å². The summed E-state index contributed by atoms with van der Waals surface area (Å²) in [6.07, 6.45) is 0.368. The molecule has 0 aromatic heterocycles. The van der Waals surface area contributed by atoms with Crippen molar-refractivity contribution in [1.29, 1.82) is 0 Å². The number of carbonyl (C=O) groups is 1. The van der Waals surface area contributed by atoms with Crippen molar-refractivity contribution in [2.75, 3.05) is 21.3 Å². The first-order valence-electron chi connectivity index (χ1n) is 8.81. The Morgan fingerprint density at radius 2 is 1.79 bits per heavy atom. The zero-order valence-corrected chi connectivity index (χ0v) is 16.5. The summed E-state index contributed by atoms with van der Waals surface area (Å²) in [4.78, 5) is 23.1. The molecule has 0 saturated carbocycles. The molecule has 1 amide bonds. The molecule has 3 rings (SSSR count). The summed E-state index contributed by atoms with van der Waals surface area (Å²) in [6, 6.07) is 9.48. The van der Waals surface area contributed by atoms with E-state index in [2.05, 4.69) is 5.10 Å². The normalized spacial score (nSPS) is 15.7. The summed E-state index contributed by atoms with van der Waals surface area (Å²) in [6.45, 7) is 1.40. The lowest BCUT2D eigenvalue weighted by molar-refractivity contribution is -0.385. The lowest BCUT2D eigenvalue weighted by Gasteiger charge is -2.20. The van der Waals surface area contributed by atoms with Crippen LogP contribution in [-0.4, -0.2) is 42.9 Å². The summed E-state index contributed by atoms with van der Waals surface area (Å²) in [5, 5.41) is 17.2. The highest BCUT2D eigenvalue weighted by molar-refractivity contribution is 6.05. The zero-order chi connectivity index (χ0) is 21.1. The third-order valence-corrected chi connectivity index (χ3v) is 4.73. The van der Waals surface area contributed by atoms with Crippen LogP contribution in [0.2, 0.25) is 0 Å². The molecule has 0 fully saturated rings. The van der Waals surface area contributed by atoms with Crippen molar-refractivity contribution in [3.8, 4) is 17.2 Å². The van der Waals surface area contributed by atoms with Crippen molar-refractivity contribution < 1.29 is 23.9 Å². The Hall–Kier alpha value is -3.62. The summed E-state index contributed by atoms with van der Waals surface area (Å²) in [5.41, 5.74) is 1.75. The van der Waals surface area contributed by atoms with Gasteiger partial charge in [-0.1, -0.05) is 6.07 Å². The molecule has 1 atom stereocenters. The van der Waals surface area contributed by atoms with Crippen LogP contribution in [0.3, 0.4) is 0 Å². The van der Waals surface area contributed by atoms with Crippen LogP contribution >= 0.6 is 0 Å². The largest absolute Gasteiger partial charge is 0.497 e. The van der Waals surface area contributed by atoms with Gasteiger partial charge in [-0.2, -0.15) is 5.10 Å². The van der Waals surface area contributed by atoms with Crippen molar-refractivity contribution in [2.24, 2.45) is 5.10 Å². The van der Waals surface area contributed by atoms with E-state index in [1.807, 2.05) is 0 Å². The van der Waals surface area contributed by atoms with Gasteiger partial charge in [-0.3, -0.25) is 14.9 Å². The lowest BCUT2D eigenvalue weighted by Crippen LogP contribution is -2.24. The molecular weight excluding hydrogens is 378 g/mol. The van der Waals surface area contributed by atoms with Gasteiger partial charge in [0.15, 0.2) is 5.75 Å². The highest BCUT2D eigenvalue weighted by Gasteiger charge is 2.34. The summed E-state index contributed by atoms with van der Waals surface area (Å²) < 4.78 is 15.8. The fourth-order valence-electron chi connectivity index (χ4n) is 3.32. The second kappa shape index (κ2) is 8.17. The number of amides is 1. The van der Waals surface area contributed by atoms with Crippen LogP contribution in [-0.2, 0) is 4.79 Å². The van der Waals surface area contributed by atoms with E-state index in [-0.39, 0.29) is 17.3 Å². The summed E-state index contributed by atoms with van der Waals surface area (Å²) in [7, 11) is 4.48. The van der Waals surface area contributed by atoms with Gasteiger partial charge in [-0.15, -0.1) is 0 Å². The van der Waals surface area contributed by atoms with Crippen molar-refractivity contribution in [2.45, 2.75) is 19.4 Å². The van der Waals surface area contributed by atoms with Crippen LogP contribution < -0.4 is 14.2 Å². The quantitative estimate of drug-likeness (QED) is 0.545. The number of ether oxygens (including phenoxy) is 3. The maximum Gasteiger partial charge on any atom is 0.311 e. The van der Waals surface area contributed by atoms with Gasteiger partial charge in [0.1, 0.15) is 11.5 Å². The topological polar surface area (TPSA) is 104 Å². The molecule has 2 aromatic carbocycles. The number of hydrogen-bond donors (Lipinski definition) is 0. The minimum absolute atomic E-state index is 0.154. The molecular formula is C20H21N3O6. The molecule has 1 unspecified atom stereocenters. The first kappa shape index (κ1) is 20.1. The fourth-order valence-corrected chi connectivity index (χ4v) is 3.32. The Kier molecular flexibility index (Phi) is 5.67. The standard InChI is InChI=1S/C20H21N3O6/c1-12(24)22-17(13-5-7-20(29-4)18(9-13)23(25)26)11-16(21-22)15-10-14(27-2)6-8-19(15)28-3/h5-10,17H,11H2,1-4H3. The number of hydrazone groups is 1. The molecule has 9 nitrogen and oxygen atoms in total. The van der Waals surface area contributed by atoms with Crippen LogP contribution in [0.5, 0.6) is 17.2 Å². The van der Waals surface area contributed by atoms with Crippen LogP contribution in [0, 0.1) is 10.1 Å². The van der Waals surface area contributed by atoms with Gasteiger partial charge in [0.2, 0.25) is 5.91 Å². The minimum atomic E-state index is -0.512. The highest BCUT2D eigenvalue weighted by Crippen LogP contribution is 2.39.